The minimum Gasteiger partial charge on any atom is -0.454 e. The van der Waals surface area contributed by atoms with E-state index in [1.807, 2.05) is 0 Å². The number of benzene rings is 1. The molecule has 0 unspecified atom stereocenters. The number of likely N-dealkylation sites (tertiary alicyclic amines) is 1. The predicted octanol–water partition coefficient (Wildman–Crippen LogP) is 3.24. The smallest absolute Gasteiger partial charge is 0.418 e. The summed E-state index contributed by atoms with van der Waals surface area (Å²) in [6.45, 7) is 2.48. The SMILES string of the molecule is CC(C)[C@H](C(=O)OCC(=O)Nc1ccccc1C(F)(F)F)N1C(=O)[C@@H]2[C@H]3CC[C@@H](C3)[C@H]2C1=O. The van der Waals surface area contributed by atoms with Gasteiger partial charge in [0.1, 0.15) is 6.04 Å². The number of ether oxygens (including phenoxy) is 1. The van der Waals surface area contributed by atoms with Crippen molar-refractivity contribution < 1.29 is 37.1 Å². The standard InChI is InChI=1S/C23H25F3N2O5/c1-11(2)19(28-20(30)17-12-7-8-13(9-12)18(17)21(28)31)22(32)33-10-16(29)27-15-6-4-3-5-14(15)23(24,25)26/h3-6,11-13,17-19H,7-10H2,1-2H3,(H,27,29)/t12-,13-,17+,18+,19+/m0/s1. The number of para-hydroxylation sites is 1. The number of alkyl halides is 3. The van der Waals surface area contributed by atoms with E-state index in [2.05, 4.69) is 5.32 Å². The van der Waals surface area contributed by atoms with Crippen LogP contribution in [0.2, 0.25) is 0 Å². The molecule has 2 saturated carbocycles. The van der Waals surface area contributed by atoms with Crippen LogP contribution in [0.5, 0.6) is 0 Å². The highest BCUT2D eigenvalue weighted by Gasteiger charge is 2.62. The highest BCUT2D eigenvalue weighted by atomic mass is 19.4. The number of hydrogen-bond acceptors (Lipinski definition) is 5. The van der Waals surface area contributed by atoms with Crippen LogP contribution in [0.3, 0.4) is 0 Å². The summed E-state index contributed by atoms with van der Waals surface area (Å²) in [6.07, 6.45) is -2.02. The summed E-state index contributed by atoms with van der Waals surface area (Å²) in [4.78, 5) is 52.1. The second kappa shape index (κ2) is 8.46. The number of esters is 1. The summed E-state index contributed by atoms with van der Waals surface area (Å²) >= 11 is 0. The van der Waals surface area contributed by atoms with Gasteiger partial charge in [0.2, 0.25) is 11.8 Å². The van der Waals surface area contributed by atoms with E-state index in [0.717, 1.165) is 36.3 Å². The van der Waals surface area contributed by atoms with Gasteiger partial charge in [-0.3, -0.25) is 19.3 Å². The molecule has 2 aliphatic carbocycles. The van der Waals surface area contributed by atoms with Crippen molar-refractivity contribution in [2.45, 2.75) is 45.3 Å². The van der Waals surface area contributed by atoms with Crippen LogP contribution in [-0.2, 0) is 30.1 Å². The van der Waals surface area contributed by atoms with Crippen molar-refractivity contribution in [2.75, 3.05) is 11.9 Å². The normalized spacial score (nSPS) is 27.2. The fourth-order valence-electron chi connectivity index (χ4n) is 5.63. The van der Waals surface area contributed by atoms with E-state index in [1.165, 1.54) is 12.1 Å². The van der Waals surface area contributed by atoms with Crippen LogP contribution in [0.1, 0.15) is 38.7 Å². The molecule has 1 aliphatic heterocycles. The van der Waals surface area contributed by atoms with Crippen molar-refractivity contribution in [3.8, 4) is 0 Å². The van der Waals surface area contributed by atoms with Gasteiger partial charge in [-0.1, -0.05) is 26.0 Å². The Morgan fingerprint density at radius 1 is 1.09 bits per heavy atom. The maximum atomic E-state index is 13.1. The predicted molar refractivity (Wildman–Crippen MR) is 109 cm³/mol. The molecule has 10 heteroatoms. The van der Waals surface area contributed by atoms with Gasteiger partial charge in [-0.25, -0.2) is 4.79 Å². The van der Waals surface area contributed by atoms with Gasteiger partial charge in [-0.2, -0.15) is 13.2 Å². The third-order valence-electron chi connectivity index (χ3n) is 6.96. The van der Waals surface area contributed by atoms with Gasteiger partial charge in [0.25, 0.3) is 5.91 Å². The van der Waals surface area contributed by atoms with Gasteiger partial charge in [-0.05, 0) is 49.1 Å². The highest BCUT2D eigenvalue weighted by Crippen LogP contribution is 2.56. The summed E-state index contributed by atoms with van der Waals surface area (Å²) in [5.74, 6) is -3.56. The quantitative estimate of drug-likeness (QED) is 0.513. The Kier molecular flexibility index (Phi) is 5.96. The number of hydrogen-bond donors (Lipinski definition) is 1. The van der Waals surface area contributed by atoms with Crippen LogP contribution in [0, 0.1) is 29.6 Å². The summed E-state index contributed by atoms with van der Waals surface area (Å²) in [5.41, 5.74) is -1.49. The molecule has 3 fully saturated rings. The first-order valence-electron chi connectivity index (χ1n) is 11.0. The second-order valence-electron chi connectivity index (χ2n) is 9.32. The van der Waals surface area contributed by atoms with Crippen LogP contribution in [0.15, 0.2) is 24.3 Å². The number of amides is 3. The average molecular weight is 466 g/mol. The topological polar surface area (TPSA) is 92.8 Å². The molecular weight excluding hydrogens is 441 g/mol. The Morgan fingerprint density at radius 2 is 1.67 bits per heavy atom. The third-order valence-corrected chi connectivity index (χ3v) is 6.96. The van der Waals surface area contributed by atoms with Crippen LogP contribution >= 0.6 is 0 Å². The van der Waals surface area contributed by atoms with Crippen LogP contribution in [-0.4, -0.2) is 41.2 Å². The fraction of sp³-hybridized carbons (Fsp3) is 0.565. The number of carbonyl (C=O) groups excluding carboxylic acids is 4. The number of fused-ring (bicyclic) bond motifs is 5. The van der Waals surface area contributed by atoms with Gasteiger partial charge >= 0.3 is 12.1 Å². The molecule has 1 N–H and O–H groups in total. The number of nitrogens with one attached hydrogen (secondary N) is 1. The highest BCUT2D eigenvalue weighted by molar-refractivity contribution is 6.08. The maximum Gasteiger partial charge on any atom is 0.418 e. The van der Waals surface area contributed by atoms with Crippen molar-refractivity contribution in [2.24, 2.45) is 29.6 Å². The van der Waals surface area contributed by atoms with E-state index in [0.29, 0.717) is 0 Å². The van der Waals surface area contributed by atoms with Gasteiger partial charge in [-0.15, -0.1) is 0 Å². The van der Waals surface area contributed by atoms with Gasteiger partial charge in [0.15, 0.2) is 6.61 Å². The number of anilines is 1. The zero-order valence-corrected chi connectivity index (χ0v) is 18.2. The summed E-state index contributed by atoms with van der Waals surface area (Å²) < 4.78 is 44.4. The summed E-state index contributed by atoms with van der Waals surface area (Å²) in [7, 11) is 0. The lowest BCUT2D eigenvalue weighted by Crippen LogP contribution is -2.50. The minimum absolute atomic E-state index is 0.157. The average Bonchev–Trinajstić information content (AvgIpc) is 3.42. The number of halogens is 3. The van der Waals surface area contributed by atoms with Gasteiger partial charge in [0, 0.05) is 0 Å². The fourth-order valence-corrected chi connectivity index (χ4v) is 5.63. The molecule has 1 saturated heterocycles. The number of imide groups is 1. The number of nitrogens with zero attached hydrogens (tertiary/aromatic N) is 1. The largest absolute Gasteiger partial charge is 0.454 e. The first kappa shape index (κ1) is 23.3. The molecule has 33 heavy (non-hydrogen) atoms. The number of rotatable bonds is 6. The van der Waals surface area contributed by atoms with E-state index < -0.39 is 59.7 Å². The molecule has 3 amide bonds. The molecule has 5 atom stereocenters. The molecule has 0 spiro atoms. The molecule has 4 rings (SSSR count). The van der Waals surface area contributed by atoms with Crippen LogP contribution in [0.4, 0.5) is 18.9 Å². The molecule has 1 aromatic carbocycles. The van der Waals surface area contributed by atoms with Crippen molar-refractivity contribution in [3.63, 3.8) is 0 Å². The molecule has 0 radical (unpaired) electrons. The van der Waals surface area contributed by atoms with Gasteiger partial charge < -0.3 is 10.1 Å². The monoisotopic (exact) mass is 466 g/mol. The van der Waals surface area contributed by atoms with Gasteiger partial charge in [0.05, 0.1) is 23.1 Å². The first-order chi connectivity index (χ1) is 15.5. The first-order valence-corrected chi connectivity index (χ1v) is 11.0. The van der Waals surface area contributed by atoms with E-state index in [9.17, 15) is 32.3 Å². The van der Waals surface area contributed by atoms with Crippen molar-refractivity contribution >= 4 is 29.4 Å². The second-order valence-corrected chi connectivity index (χ2v) is 9.32. The third kappa shape index (κ3) is 4.11. The van der Waals surface area contributed by atoms with Crippen LogP contribution in [0.25, 0.3) is 0 Å². The zero-order valence-electron chi connectivity index (χ0n) is 18.2. The van der Waals surface area contributed by atoms with Crippen molar-refractivity contribution in [1.29, 1.82) is 0 Å². The molecule has 7 nitrogen and oxygen atoms in total. The van der Waals surface area contributed by atoms with E-state index in [1.54, 1.807) is 13.8 Å². The summed E-state index contributed by atoms with van der Waals surface area (Å²) in [6, 6.07) is 3.25. The van der Waals surface area contributed by atoms with E-state index >= 15 is 0 Å². The van der Waals surface area contributed by atoms with Crippen molar-refractivity contribution in [3.05, 3.63) is 29.8 Å². The minimum atomic E-state index is -4.67. The number of carbonyl (C=O) groups is 4. The Morgan fingerprint density at radius 3 is 2.21 bits per heavy atom. The Balaban J connectivity index is 1.43. The van der Waals surface area contributed by atoms with E-state index in [4.69, 9.17) is 4.74 Å². The maximum absolute atomic E-state index is 13.1. The molecule has 1 heterocycles. The van der Waals surface area contributed by atoms with Crippen molar-refractivity contribution in [1.82, 2.24) is 4.90 Å². The van der Waals surface area contributed by atoms with E-state index in [-0.39, 0.29) is 23.7 Å². The Bertz CT molecular complexity index is 965. The lowest BCUT2D eigenvalue weighted by atomic mass is 9.81. The molecule has 3 aliphatic rings. The molecule has 178 valence electrons. The summed E-state index contributed by atoms with van der Waals surface area (Å²) in [5, 5.41) is 2.10. The molecule has 2 bridgehead atoms. The Hall–Kier alpha value is -2.91. The molecular formula is C23H25F3N2O5. The molecule has 1 aromatic rings. The molecule has 0 aromatic heterocycles. The van der Waals surface area contributed by atoms with Crippen LogP contribution < -0.4 is 5.32 Å². The Labute approximate surface area is 188 Å². The lowest BCUT2D eigenvalue weighted by Gasteiger charge is -2.28. The lowest BCUT2D eigenvalue weighted by molar-refractivity contribution is -0.162. The zero-order chi connectivity index (χ0) is 24.1.